The molecule has 0 atom stereocenters. The number of H-pyrrole nitrogens is 1. The smallest absolute Gasteiger partial charge is 0.292 e. The van der Waals surface area contributed by atoms with Gasteiger partial charge < -0.3 is 4.98 Å². The zero-order valence-electron chi connectivity index (χ0n) is 14.6. The van der Waals surface area contributed by atoms with Crippen molar-refractivity contribution in [2.45, 2.75) is 13.5 Å². The Morgan fingerprint density at radius 3 is 2.63 bits per heavy atom. The van der Waals surface area contributed by atoms with Crippen LogP contribution in [0.25, 0.3) is 21.7 Å². The Morgan fingerprint density at radius 1 is 1.15 bits per heavy atom. The van der Waals surface area contributed by atoms with Gasteiger partial charge in [0.05, 0.1) is 11.6 Å². The Labute approximate surface area is 154 Å². The first-order valence-electron chi connectivity index (χ1n) is 8.58. The third kappa shape index (κ3) is 2.99. The fraction of sp³-hybridized carbons (Fsp3) is 0.100. The summed E-state index contributed by atoms with van der Waals surface area (Å²) in [7, 11) is 0. The number of nitrogens with zero attached hydrogens (tertiary/aromatic N) is 3. The summed E-state index contributed by atoms with van der Waals surface area (Å²) in [6, 6.07) is 14.8. The van der Waals surface area contributed by atoms with Gasteiger partial charge in [0.1, 0.15) is 0 Å². The van der Waals surface area contributed by atoms with Crippen LogP contribution in [0.4, 0.5) is 0 Å². The lowest BCUT2D eigenvalue weighted by Gasteiger charge is -2.08. The highest BCUT2D eigenvalue weighted by Gasteiger charge is 2.15. The maximum Gasteiger partial charge on any atom is 0.292 e. The molecule has 0 saturated carbocycles. The number of nitrogens with one attached hydrogen (secondary N) is 2. The SMILES string of the molecule is CCn1nc(C(=O)N/N=C/c2c[nH]c3ccccc23)c2ccccc2c1=O. The normalized spacial score (nSPS) is 11.4. The molecule has 7 nitrogen and oxygen atoms in total. The summed E-state index contributed by atoms with van der Waals surface area (Å²) in [5.41, 5.74) is 4.31. The van der Waals surface area contributed by atoms with E-state index in [1.807, 2.05) is 30.5 Å². The van der Waals surface area contributed by atoms with Crippen molar-refractivity contribution >= 4 is 33.8 Å². The van der Waals surface area contributed by atoms with Crippen molar-refractivity contribution in [2.24, 2.45) is 5.10 Å². The molecule has 0 aliphatic heterocycles. The van der Waals surface area contributed by atoms with Crippen LogP contribution in [0.1, 0.15) is 23.0 Å². The van der Waals surface area contributed by atoms with Gasteiger partial charge in [-0.25, -0.2) is 10.1 Å². The van der Waals surface area contributed by atoms with Gasteiger partial charge in [0.25, 0.3) is 11.5 Å². The Bertz CT molecular complexity index is 1240. The maximum absolute atomic E-state index is 12.6. The zero-order valence-corrected chi connectivity index (χ0v) is 14.6. The molecule has 4 aromatic rings. The Kier molecular flexibility index (Phi) is 4.25. The van der Waals surface area contributed by atoms with Crippen molar-refractivity contribution < 1.29 is 4.79 Å². The van der Waals surface area contributed by atoms with Gasteiger partial charge in [0.2, 0.25) is 0 Å². The Balaban J connectivity index is 1.65. The molecule has 27 heavy (non-hydrogen) atoms. The van der Waals surface area contributed by atoms with Crippen molar-refractivity contribution in [1.82, 2.24) is 20.2 Å². The molecule has 0 saturated heterocycles. The van der Waals surface area contributed by atoms with Crippen LogP contribution < -0.4 is 11.0 Å². The molecule has 0 aliphatic carbocycles. The first-order valence-corrected chi connectivity index (χ1v) is 8.58. The summed E-state index contributed by atoms with van der Waals surface area (Å²) in [5, 5.41) is 10.2. The number of aromatic amines is 1. The predicted octanol–water partition coefficient (Wildman–Crippen LogP) is 2.66. The first kappa shape index (κ1) is 16.7. The van der Waals surface area contributed by atoms with Crippen molar-refractivity contribution in [3.05, 3.63) is 76.3 Å². The molecule has 0 spiro atoms. The van der Waals surface area contributed by atoms with E-state index in [0.717, 1.165) is 16.5 Å². The van der Waals surface area contributed by atoms with E-state index in [0.29, 0.717) is 17.3 Å². The van der Waals surface area contributed by atoms with Crippen LogP contribution in [0.15, 0.2) is 64.6 Å². The number of amides is 1. The van der Waals surface area contributed by atoms with E-state index in [9.17, 15) is 9.59 Å². The van der Waals surface area contributed by atoms with Crippen LogP contribution in [-0.2, 0) is 6.54 Å². The maximum atomic E-state index is 12.6. The van der Waals surface area contributed by atoms with Gasteiger partial charge in [-0.3, -0.25) is 9.59 Å². The van der Waals surface area contributed by atoms with Gasteiger partial charge in [0, 0.05) is 34.6 Å². The first-order chi connectivity index (χ1) is 13.2. The lowest BCUT2D eigenvalue weighted by atomic mass is 10.1. The molecule has 4 rings (SSSR count). The van der Waals surface area contributed by atoms with E-state index in [2.05, 4.69) is 20.6 Å². The van der Waals surface area contributed by atoms with E-state index in [1.165, 1.54) is 4.68 Å². The number of rotatable bonds is 4. The molecule has 7 heteroatoms. The van der Waals surface area contributed by atoms with E-state index in [4.69, 9.17) is 0 Å². The number of aromatic nitrogens is 3. The summed E-state index contributed by atoms with van der Waals surface area (Å²) in [4.78, 5) is 28.1. The van der Waals surface area contributed by atoms with Gasteiger partial charge in [0.15, 0.2) is 5.69 Å². The summed E-state index contributed by atoms with van der Waals surface area (Å²) in [6.45, 7) is 2.18. The number of para-hydroxylation sites is 1. The molecule has 0 unspecified atom stereocenters. The molecule has 2 heterocycles. The molecule has 0 radical (unpaired) electrons. The van der Waals surface area contributed by atoms with E-state index < -0.39 is 5.91 Å². The fourth-order valence-corrected chi connectivity index (χ4v) is 3.03. The largest absolute Gasteiger partial charge is 0.361 e. The molecule has 134 valence electrons. The molecule has 2 aromatic heterocycles. The van der Waals surface area contributed by atoms with Gasteiger partial charge in [-0.15, -0.1) is 0 Å². The highest BCUT2D eigenvalue weighted by atomic mass is 16.2. The highest BCUT2D eigenvalue weighted by molar-refractivity contribution is 6.05. The van der Waals surface area contributed by atoms with Crippen LogP contribution in [0.2, 0.25) is 0 Å². The monoisotopic (exact) mass is 359 g/mol. The van der Waals surface area contributed by atoms with Gasteiger partial charge >= 0.3 is 0 Å². The minimum atomic E-state index is -0.468. The molecule has 0 bridgehead atoms. The average Bonchev–Trinajstić information content (AvgIpc) is 3.12. The summed E-state index contributed by atoms with van der Waals surface area (Å²) in [6.07, 6.45) is 3.40. The van der Waals surface area contributed by atoms with Crippen LogP contribution in [0.5, 0.6) is 0 Å². The highest BCUT2D eigenvalue weighted by Crippen LogP contribution is 2.16. The minimum Gasteiger partial charge on any atom is -0.361 e. The second-order valence-corrected chi connectivity index (χ2v) is 6.00. The number of benzene rings is 2. The van der Waals surface area contributed by atoms with Gasteiger partial charge in [-0.2, -0.15) is 10.2 Å². The van der Waals surface area contributed by atoms with Crippen molar-refractivity contribution in [1.29, 1.82) is 0 Å². The Hall–Kier alpha value is -3.74. The molecule has 1 amide bonds. The number of aryl methyl sites for hydroxylation is 1. The third-order valence-corrected chi connectivity index (χ3v) is 4.37. The van der Waals surface area contributed by atoms with Crippen molar-refractivity contribution in [3.63, 3.8) is 0 Å². The third-order valence-electron chi connectivity index (χ3n) is 4.37. The lowest BCUT2D eigenvalue weighted by Crippen LogP contribution is -2.28. The second kappa shape index (κ2) is 6.87. The van der Waals surface area contributed by atoms with Crippen molar-refractivity contribution in [2.75, 3.05) is 0 Å². The Morgan fingerprint density at radius 2 is 1.85 bits per heavy atom. The van der Waals surface area contributed by atoms with Crippen LogP contribution in [0, 0.1) is 0 Å². The number of hydrazone groups is 1. The van der Waals surface area contributed by atoms with E-state index in [1.54, 1.807) is 37.4 Å². The molecule has 2 N–H and O–H groups in total. The van der Waals surface area contributed by atoms with Crippen LogP contribution in [-0.4, -0.2) is 26.9 Å². The number of fused-ring (bicyclic) bond motifs is 2. The van der Waals surface area contributed by atoms with Gasteiger partial charge in [-0.05, 0) is 19.1 Å². The molecule has 2 aromatic carbocycles. The predicted molar refractivity (Wildman–Crippen MR) is 105 cm³/mol. The van der Waals surface area contributed by atoms with Crippen LogP contribution >= 0.6 is 0 Å². The molecule has 0 fully saturated rings. The van der Waals surface area contributed by atoms with Crippen molar-refractivity contribution in [3.8, 4) is 0 Å². The topological polar surface area (TPSA) is 92.1 Å². The average molecular weight is 359 g/mol. The summed E-state index contributed by atoms with van der Waals surface area (Å²) >= 11 is 0. The minimum absolute atomic E-state index is 0.170. The van der Waals surface area contributed by atoms with Crippen LogP contribution in [0.3, 0.4) is 0 Å². The second-order valence-electron chi connectivity index (χ2n) is 6.00. The molecular weight excluding hydrogens is 342 g/mol. The van der Waals surface area contributed by atoms with E-state index in [-0.39, 0.29) is 11.3 Å². The van der Waals surface area contributed by atoms with E-state index >= 15 is 0 Å². The quantitative estimate of drug-likeness (QED) is 0.433. The standard InChI is InChI=1S/C20H17N5O2/c1-2-25-20(27)16-9-4-3-8-15(16)18(24-25)19(26)23-22-12-13-11-21-17-10-6-5-7-14(13)17/h3-12,21H,2H2,1H3,(H,23,26)/b22-12+. The molecular formula is C20H17N5O2. The summed E-state index contributed by atoms with van der Waals surface area (Å²) in [5.74, 6) is -0.468. The number of hydrogen-bond acceptors (Lipinski definition) is 4. The summed E-state index contributed by atoms with van der Waals surface area (Å²) < 4.78 is 1.28. The number of carbonyl (C=O) groups is 1. The lowest BCUT2D eigenvalue weighted by molar-refractivity contribution is 0.0949. The number of carbonyl (C=O) groups excluding carboxylic acids is 1. The zero-order chi connectivity index (χ0) is 18.8. The van der Waals surface area contributed by atoms with Gasteiger partial charge in [-0.1, -0.05) is 36.4 Å². The molecule has 0 aliphatic rings. The number of hydrogen-bond donors (Lipinski definition) is 2. The fourth-order valence-electron chi connectivity index (χ4n) is 3.03.